The second-order valence-corrected chi connectivity index (χ2v) is 2.64. The van der Waals surface area contributed by atoms with Gasteiger partial charge in [-0.1, -0.05) is 11.3 Å². The average molecular weight is 143 g/mol. The van der Waals surface area contributed by atoms with Crippen molar-refractivity contribution in [3.05, 3.63) is 20.2 Å². The molecule has 0 aliphatic carbocycles. The Morgan fingerprint density at radius 1 is 1.67 bits per heavy atom. The van der Waals surface area contributed by atoms with Gasteiger partial charge in [-0.25, -0.2) is 0 Å². The number of aromatic amines is 1. The van der Waals surface area contributed by atoms with Crippen LogP contribution in [0.15, 0.2) is 4.79 Å². The van der Waals surface area contributed by atoms with E-state index in [2.05, 4.69) is 4.98 Å². The number of nitrogens with one attached hydrogen (secondary N) is 1. The number of thiazole rings is 1. The van der Waals surface area contributed by atoms with Crippen molar-refractivity contribution >= 4 is 17.6 Å². The topological polar surface area (TPSA) is 49.9 Å². The summed E-state index contributed by atoms with van der Waals surface area (Å²) >= 11 is 0.935. The van der Waals surface area contributed by atoms with E-state index in [1.807, 2.05) is 0 Å². The fourth-order valence-corrected chi connectivity index (χ4v) is 1.19. The minimum absolute atomic E-state index is 0.172. The smallest absolute Gasteiger partial charge is 0.305 e. The first-order valence-electron chi connectivity index (χ1n) is 2.39. The molecule has 1 aromatic heterocycles. The zero-order valence-corrected chi connectivity index (χ0v) is 5.62. The highest BCUT2D eigenvalue weighted by Gasteiger charge is 1.99. The molecule has 9 heavy (non-hydrogen) atoms. The van der Waals surface area contributed by atoms with E-state index in [1.54, 1.807) is 6.92 Å². The van der Waals surface area contributed by atoms with Gasteiger partial charge >= 0.3 is 4.87 Å². The second kappa shape index (κ2) is 2.14. The van der Waals surface area contributed by atoms with Gasteiger partial charge in [0, 0.05) is 5.69 Å². The predicted molar refractivity (Wildman–Crippen MR) is 35.1 cm³/mol. The van der Waals surface area contributed by atoms with Crippen LogP contribution in [0.5, 0.6) is 0 Å². The zero-order chi connectivity index (χ0) is 6.85. The zero-order valence-electron chi connectivity index (χ0n) is 4.80. The monoisotopic (exact) mass is 143 g/mol. The van der Waals surface area contributed by atoms with Crippen molar-refractivity contribution < 1.29 is 4.79 Å². The molecule has 0 aromatic carbocycles. The van der Waals surface area contributed by atoms with Crippen molar-refractivity contribution in [3.8, 4) is 0 Å². The molecule has 3 nitrogen and oxygen atoms in total. The van der Waals surface area contributed by atoms with E-state index in [9.17, 15) is 9.59 Å². The summed E-state index contributed by atoms with van der Waals surface area (Å²) in [4.78, 5) is 23.4. The quantitative estimate of drug-likeness (QED) is 0.584. The number of H-pyrrole nitrogens is 1. The maximum atomic E-state index is 10.5. The maximum Gasteiger partial charge on any atom is 0.305 e. The van der Waals surface area contributed by atoms with Crippen LogP contribution in [-0.4, -0.2) is 11.3 Å². The van der Waals surface area contributed by atoms with Crippen LogP contribution in [-0.2, 0) is 0 Å². The molecule has 0 aliphatic heterocycles. The summed E-state index contributed by atoms with van der Waals surface area (Å²) in [5, 5.41) is 0. The third kappa shape index (κ3) is 1.08. The number of carbonyl (C=O) groups excluding carboxylic acids is 1. The van der Waals surface area contributed by atoms with Gasteiger partial charge in [0.25, 0.3) is 0 Å². The molecule has 0 saturated carbocycles. The number of aromatic nitrogens is 1. The van der Waals surface area contributed by atoms with Crippen LogP contribution in [0.3, 0.4) is 0 Å². The highest BCUT2D eigenvalue weighted by atomic mass is 32.1. The van der Waals surface area contributed by atoms with Crippen molar-refractivity contribution in [2.24, 2.45) is 0 Å². The molecule has 0 unspecified atom stereocenters. The molecular formula is C5H5NO2S. The van der Waals surface area contributed by atoms with Gasteiger partial charge in [-0.05, 0) is 6.92 Å². The Hall–Kier alpha value is -0.900. The summed E-state index contributed by atoms with van der Waals surface area (Å²) in [6.07, 6.45) is 0.678. The maximum absolute atomic E-state index is 10.5. The highest BCUT2D eigenvalue weighted by Crippen LogP contribution is 2.02. The molecule has 4 heteroatoms. The first kappa shape index (κ1) is 6.22. The van der Waals surface area contributed by atoms with Crippen molar-refractivity contribution in [1.29, 1.82) is 0 Å². The molecular weight excluding hydrogens is 138 g/mol. The Bertz CT molecular complexity index is 273. The van der Waals surface area contributed by atoms with E-state index in [0.717, 1.165) is 11.3 Å². The molecule has 1 rings (SSSR count). The molecule has 1 N–H and O–H groups in total. The largest absolute Gasteiger partial charge is 0.316 e. The van der Waals surface area contributed by atoms with Gasteiger partial charge in [0.15, 0.2) is 6.29 Å². The summed E-state index contributed by atoms with van der Waals surface area (Å²) in [6, 6.07) is 0. The van der Waals surface area contributed by atoms with Crippen LogP contribution >= 0.6 is 11.3 Å². The standard InChI is InChI=1S/C5H5NO2S/c1-3-4(2-7)9-5(8)6-3/h2H,1H3,(H,6,8). The Balaban J connectivity index is 3.31. The fourth-order valence-electron chi connectivity index (χ4n) is 0.529. The van der Waals surface area contributed by atoms with Gasteiger partial charge < -0.3 is 4.98 Å². The van der Waals surface area contributed by atoms with Crippen molar-refractivity contribution in [1.82, 2.24) is 4.98 Å². The van der Waals surface area contributed by atoms with Crippen LogP contribution < -0.4 is 4.87 Å². The lowest BCUT2D eigenvalue weighted by atomic mass is 10.4. The third-order valence-electron chi connectivity index (χ3n) is 0.969. The highest BCUT2D eigenvalue weighted by molar-refractivity contribution is 7.11. The number of hydrogen-bond acceptors (Lipinski definition) is 3. The molecule has 0 spiro atoms. The molecule has 1 aromatic rings. The number of aryl methyl sites for hydroxylation is 1. The van der Waals surface area contributed by atoms with E-state index in [-0.39, 0.29) is 4.87 Å². The lowest BCUT2D eigenvalue weighted by Gasteiger charge is -1.78. The second-order valence-electron chi connectivity index (χ2n) is 1.62. The molecule has 0 amide bonds. The molecule has 0 saturated heterocycles. The van der Waals surface area contributed by atoms with Crippen molar-refractivity contribution in [3.63, 3.8) is 0 Å². The van der Waals surface area contributed by atoms with E-state index in [0.29, 0.717) is 16.9 Å². The van der Waals surface area contributed by atoms with Crippen LogP contribution in [0.1, 0.15) is 15.4 Å². The van der Waals surface area contributed by atoms with E-state index in [4.69, 9.17) is 0 Å². The van der Waals surface area contributed by atoms with Crippen LogP contribution in [0.4, 0.5) is 0 Å². The Morgan fingerprint density at radius 3 is 2.56 bits per heavy atom. The van der Waals surface area contributed by atoms with Gasteiger partial charge in [0.1, 0.15) is 0 Å². The van der Waals surface area contributed by atoms with Crippen molar-refractivity contribution in [2.75, 3.05) is 0 Å². The van der Waals surface area contributed by atoms with Gasteiger partial charge in [-0.2, -0.15) is 0 Å². The summed E-state index contributed by atoms with van der Waals surface area (Å²) in [5.74, 6) is 0. The first-order valence-corrected chi connectivity index (χ1v) is 3.20. The Morgan fingerprint density at radius 2 is 2.33 bits per heavy atom. The molecule has 0 aliphatic rings. The minimum atomic E-state index is -0.172. The lowest BCUT2D eigenvalue weighted by molar-refractivity contribution is 0.112. The van der Waals surface area contributed by atoms with E-state index in [1.165, 1.54) is 0 Å². The Kier molecular flexibility index (Phi) is 1.48. The van der Waals surface area contributed by atoms with Gasteiger partial charge in [0.05, 0.1) is 4.88 Å². The number of hydrogen-bond donors (Lipinski definition) is 1. The van der Waals surface area contributed by atoms with Gasteiger partial charge in [-0.15, -0.1) is 0 Å². The summed E-state index contributed by atoms with van der Waals surface area (Å²) in [6.45, 7) is 1.70. The SMILES string of the molecule is Cc1[nH]c(=O)sc1C=O. The van der Waals surface area contributed by atoms with E-state index < -0.39 is 0 Å². The summed E-state index contributed by atoms with van der Waals surface area (Å²) in [5.41, 5.74) is 0.653. The predicted octanol–water partition coefficient (Wildman–Crippen LogP) is 0.557. The molecule has 0 atom stereocenters. The van der Waals surface area contributed by atoms with Crippen LogP contribution in [0, 0.1) is 6.92 Å². The number of carbonyl (C=O) groups is 1. The van der Waals surface area contributed by atoms with Gasteiger partial charge in [-0.3, -0.25) is 9.59 Å². The van der Waals surface area contributed by atoms with E-state index >= 15 is 0 Å². The van der Waals surface area contributed by atoms with Crippen LogP contribution in [0.25, 0.3) is 0 Å². The molecule has 0 bridgehead atoms. The molecule has 48 valence electrons. The molecule has 0 fully saturated rings. The minimum Gasteiger partial charge on any atom is -0.316 e. The third-order valence-corrected chi connectivity index (χ3v) is 1.88. The fraction of sp³-hybridized carbons (Fsp3) is 0.200. The van der Waals surface area contributed by atoms with Gasteiger partial charge in [0.2, 0.25) is 0 Å². The number of aldehydes is 1. The Labute approximate surface area is 55.3 Å². The molecule has 0 radical (unpaired) electrons. The molecule has 1 heterocycles. The normalized spacial score (nSPS) is 9.44. The van der Waals surface area contributed by atoms with Crippen LogP contribution in [0.2, 0.25) is 0 Å². The average Bonchev–Trinajstić information content (AvgIpc) is 2.10. The summed E-state index contributed by atoms with van der Waals surface area (Å²) < 4.78 is 0. The van der Waals surface area contributed by atoms with Crippen molar-refractivity contribution in [2.45, 2.75) is 6.92 Å². The summed E-state index contributed by atoms with van der Waals surface area (Å²) in [7, 11) is 0. The number of rotatable bonds is 1. The lowest BCUT2D eigenvalue weighted by Crippen LogP contribution is -1.91. The first-order chi connectivity index (χ1) is 4.24.